The van der Waals surface area contributed by atoms with Crippen molar-refractivity contribution < 1.29 is 9.59 Å². The molecular formula is C17H18N2O2. The third-order valence-corrected chi connectivity index (χ3v) is 4.05. The first-order valence-corrected chi connectivity index (χ1v) is 7.28. The van der Waals surface area contributed by atoms with Gasteiger partial charge in [-0.15, -0.1) is 6.42 Å². The summed E-state index contributed by atoms with van der Waals surface area (Å²) in [6, 6.07) is 7.51. The zero-order valence-corrected chi connectivity index (χ0v) is 12.1. The van der Waals surface area contributed by atoms with E-state index < -0.39 is 0 Å². The van der Waals surface area contributed by atoms with Crippen LogP contribution in [0.1, 0.15) is 19.8 Å². The highest BCUT2D eigenvalue weighted by molar-refractivity contribution is 6.06. The topological polar surface area (TPSA) is 40.6 Å². The Hall–Kier alpha value is -2.28. The van der Waals surface area contributed by atoms with Crippen LogP contribution in [0.4, 0.5) is 11.4 Å². The van der Waals surface area contributed by atoms with Gasteiger partial charge in [0.2, 0.25) is 11.8 Å². The van der Waals surface area contributed by atoms with Gasteiger partial charge < -0.3 is 4.90 Å². The van der Waals surface area contributed by atoms with Crippen molar-refractivity contribution in [2.75, 3.05) is 22.9 Å². The van der Waals surface area contributed by atoms with E-state index in [2.05, 4.69) is 5.92 Å². The number of fused-ring (bicyclic) bond motifs is 1. The lowest BCUT2D eigenvalue weighted by Crippen LogP contribution is -2.39. The summed E-state index contributed by atoms with van der Waals surface area (Å²) in [6.45, 7) is 2.50. The average molecular weight is 282 g/mol. The fourth-order valence-electron chi connectivity index (χ4n) is 2.77. The normalized spacial score (nSPS) is 21.5. The van der Waals surface area contributed by atoms with Gasteiger partial charge in [0.15, 0.2) is 0 Å². The molecule has 2 aliphatic rings. The summed E-state index contributed by atoms with van der Waals surface area (Å²) in [5.74, 6) is 2.51. The van der Waals surface area contributed by atoms with Crippen LogP contribution in [0.25, 0.3) is 0 Å². The number of anilines is 2. The second-order valence-electron chi connectivity index (χ2n) is 5.74. The second kappa shape index (κ2) is 5.25. The lowest BCUT2D eigenvalue weighted by Gasteiger charge is -2.24. The molecule has 1 aromatic carbocycles. The quantitative estimate of drug-likeness (QED) is 0.779. The fraction of sp³-hybridized carbons (Fsp3) is 0.412. The molecular weight excluding hydrogens is 264 g/mol. The van der Waals surface area contributed by atoms with Gasteiger partial charge in [0.1, 0.15) is 0 Å². The van der Waals surface area contributed by atoms with Crippen LogP contribution in [-0.2, 0) is 9.59 Å². The van der Waals surface area contributed by atoms with Crippen LogP contribution in [0.15, 0.2) is 24.3 Å². The minimum Gasteiger partial charge on any atom is -0.309 e. The Labute approximate surface area is 124 Å². The summed E-state index contributed by atoms with van der Waals surface area (Å²) in [4.78, 5) is 28.5. The monoisotopic (exact) mass is 282 g/mol. The zero-order chi connectivity index (χ0) is 15.0. The Morgan fingerprint density at radius 1 is 1.33 bits per heavy atom. The SMILES string of the molecule is C#CCN1C(=O)[C@H](C)CN(C(=O)C2CC2)c2ccccc21. The van der Waals surface area contributed by atoms with Gasteiger partial charge in [-0.2, -0.15) is 0 Å². The van der Waals surface area contributed by atoms with E-state index in [1.54, 1.807) is 9.80 Å². The standard InChI is InChI=1S/C17H18N2O2/c1-3-10-18-14-6-4-5-7-15(14)19(11-12(2)16(18)20)17(21)13-8-9-13/h1,4-7,12-13H,8-11H2,2H3/t12-/m1/s1. The molecule has 1 fully saturated rings. The van der Waals surface area contributed by atoms with Crippen molar-refractivity contribution in [2.24, 2.45) is 11.8 Å². The average Bonchev–Trinajstić information content (AvgIpc) is 3.33. The van der Waals surface area contributed by atoms with Crippen LogP contribution in [0, 0.1) is 24.2 Å². The number of hydrogen-bond acceptors (Lipinski definition) is 2. The molecule has 0 aromatic heterocycles. The maximum absolute atomic E-state index is 12.5. The smallest absolute Gasteiger partial charge is 0.232 e. The molecule has 21 heavy (non-hydrogen) atoms. The number of amides is 2. The third kappa shape index (κ3) is 2.40. The van der Waals surface area contributed by atoms with Crippen LogP contribution in [0.5, 0.6) is 0 Å². The highest BCUT2D eigenvalue weighted by atomic mass is 16.2. The van der Waals surface area contributed by atoms with Gasteiger partial charge in [0.25, 0.3) is 0 Å². The van der Waals surface area contributed by atoms with Gasteiger partial charge in [-0.05, 0) is 25.0 Å². The maximum Gasteiger partial charge on any atom is 0.232 e. The van der Waals surface area contributed by atoms with Gasteiger partial charge in [0.05, 0.1) is 23.8 Å². The van der Waals surface area contributed by atoms with Gasteiger partial charge in [-0.25, -0.2) is 0 Å². The Kier molecular flexibility index (Phi) is 3.42. The first kappa shape index (κ1) is 13.7. The summed E-state index contributed by atoms with van der Waals surface area (Å²) in [5, 5.41) is 0. The van der Waals surface area contributed by atoms with Gasteiger partial charge in [-0.1, -0.05) is 25.0 Å². The number of carbonyl (C=O) groups excluding carboxylic acids is 2. The predicted molar refractivity (Wildman–Crippen MR) is 81.9 cm³/mol. The van der Waals surface area contributed by atoms with Crippen LogP contribution in [-0.4, -0.2) is 24.9 Å². The van der Waals surface area contributed by atoms with Crippen molar-refractivity contribution in [2.45, 2.75) is 19.8 Å². The Bertz CT molecular complexity index is 628. The molecule has 1 aliphatic heterocycles. The lowest BCUT2D eigenvalue weighted by atomic mass is 10.1. The Morgan fingerprint density at radius 2 is 2.00 bits per heavy atom. The molecule has 0 unspecified atom stereocenters. The maximum atomic E-state index is 12.5. The first-order valence-electron chi connectivity index (χ1n) is 7.28. The van der Waals surface area contributed by atoms with E-state index >= 15 is 0 Å². The summed E-state index contributed by atoms with van der Waals surface area (Å²) in [6.07, 6.45) is 7.31. The molecule has 1 aliphatic carbocycles. The molecule has 0 radical (unpaired) electrons. The van der Waals surface area contributed by atoms with Crippen LogP contribution >= 0.6 is 0 Å². The number of carbonyl (C=O) groups is 2. The molecule has 1 aromatic rings. The second-order valence-corrected chi connectivity index (χ2v) is 5.74. The van der Waals surface area contributed by atoms with Crippen molar-refractivity contribution in [1.82, 2.24) is 0 Å². The molecule has 108 valence electrons. The number of benzene rings is 1. The van der Waals surface area contributed by atoms with E-state index in [-0.39, 0.29) is 30.2 Å². The number of rotatable bonds is 2. The van der Waals surface area contributed by atoms with Gasteiger partial charge >= 0.3 is 0 Å². The van der Waals surface area contributed by atoms with E-state index in [1.807, 2.05) is 31.2 Å². The minimum atomic E-state index is -0.256. The van der Waals surface area contributed by atoms with Crippen molar-refractivity contribution in [3.63, 3.8) is 0 Å². The van der Waals surface area contributed by atoms with Crippen LogP contribution < -0.4 is 9.80 Å². The predicted octanol–water partition coefficient (Wildman–Crippen LogP) is 2.05. The summed E-state index contributed by atoms with van der Waals surface area (Å²) < 4.78 is 0. The molecule has 4 heteroatoms. The summed E-state index contributed by atoms with van der Waals surface area (Å²) in [7, 11) is 0. The molecule has 0 bridgehead atoms. The molecule has 1 heterocycles. The number of nitrogens with zero attached hydrogens (tertiary/aromatic N) is 2. The van der Waals surface area contributed by atoms with E-state index in [4.69, 9.17) is 6.42 Å². The van der Waals surface area contributed by atoms with E-state index in [0.29, 0.717) is 6.54 Å². The fourth-order valence-corrected chi connectivity index (χ4v) is 2.77. The highest BCUT2D eigenvalue weighted by Crippen LogP contribution is 2.38. The van der Waals surface area contributed by atoms with Crippen molar-refractivity contribution >= 4 is 23.2 Å². The molecule has 4 nitrogen and oxygen atoms in total. The Balaban J connectivity index is 2.07. The van der Waals surface area contributed by atoms with Crippen LogP contribution in [0.3, 0.4) is 0 Å². The first-order chi connectivity index (χ1) is 10.1. The van der Waals surface area contributed by atoms with Gasteiger partial charge in [-0.3, -0.25) is 14.5 Å². The summed E-state index contributed by atoms with van der Waals surface area (Å²) in [5.41, 5.74) is 1.53. The molecule has 3 rings (SSSR count). The van der Waals surface area contributed by atoms with E-state index in [0.717, 1.165) is 24.2 Å². The largest absolute Gasteiger partial charge is 0.309 e. The molecule has 0 spiro atoms. The van der Waals surface area contributed by atoms with E-state index in [9.17, 15) is 9.59 Å². The minimum absolute atomic E-state index is 0.0218. The van der Waals surface area contributed by atoms with Crippen molar-refractivity contribution in [3.05, 3.63) is 24.3 Å². The third-order valence-electron chi connectivity index (χ3n) is 4.05. The number of para-hydroxylation sites is 2. The molecule has 1 atom stereocenters. The molecule has 1 saturated carbocycles. The molecule has 0 saturated heterocycles. The number of hydrogen-bond donors (Lipinski definition) is 0. The van der Waals surface area contributed by atoms with Crippen molar-refractivity contribution in [1.29, 1.82) is 0 Å². The van der Waals surface area contributed by atoms with Crippen LogP contribution in [0.2, 0.25) is 0 Å². The zero-order valence-electron chi connectivity index (χ0n) is 12.1. The molecule has 2 amide bonds. The number of terminal acetylenes is 1. The molecule has 0 N–H and O–H groups in total. The Morgan fingerprint density at radius 3 is 2.62 bits per heavy atom. The van der Waals surface area contributed by atoms with Gasteiger partial charge in [0, 0.05) is 12.5 Å². The van der Waals surface area contributed by atoms with Crippen molar-refractivity contribution in [3.8, 4) is 12.3 Å². The highest BCUT2D eigenvalue weighted by Gasteiger charge is 2.39. The summed E-state index contributed by atoms with van der Waals surface area (Å²) >= 11 is 0. The van der Waals surface area contributed by atoms with E-state index in [1.165, 1.54) is 0 Å². The lowest BCUT2D eigenvalue weighted by molar-refractivity contribution is -0.122.